The van der Waals surface area contributed by atoms with Gasteiger partial charge in [-0.2, -0.15) is 5.10 Å². The van der Waals surface area contributed by atoms with Crippen molar-refractivity contribution < 1.29 is 9.90 Å². The number of carboxylic acids is 1. The molecule has 0 saturated heterocycles. The van der Waals surface area contributed by atoms with Gasteiger partial charge in [0.05, 0.1) is 5.69 Å². The van der Waals surface area contributed by atoms with Gasteiger partial charge in [0.1, 0.15) is 12.4 Å². The lowest BCUT2D eigenvalue weighted by atomic mass is 10.5. The largest absolute Gasteiger partial charge is 0.480 e. The van der Waals surface area contributed by atoms with E-state index in [1.807, 2.05) is 0 Å². The molecule has 1 heterocycles. The molecule has 0 aromatic carbocycles. The first kappa shape index (κ1) is 10.8. The third-order valence-corrected chi connectivity index (χ3v) is 1.22. The molecule has 3 N–H and O–H groups in total. The average molecular weight is 192 g/mol. The van der Waals surface area contributed by atoms with E-state index in [0.717, 1.165) is 5.69 Å². The molecule has 6 heteroatoms. The van der Waals surface area contributed by atoms with E-state index in [9.17, 15) is 4.79 Å². The summed E-state index contributed by atoms with van der Waals surface area (Å²) in [4.78, 5) is 10.2. The summed E-state index contributed by atoms with van der Waals surface area (Å²) in [5.74, 6) is -0.565. The van der Waals surface area contributed by atoms with Crippen LogP contribution < -0.4 is 5.73 Å². The van der Waals surface area contributed by atoms with Gasteiger partial charge in [0, 0.05) is 6.07 Å². The van der Waals surface area contributed by atoms with Crippen LogP contribution in [0.15, 0.2) is 6.07 Å². The van der Waals surface area contributed by atoms with Gasteiger partial charge in [0.25, 0.3) is 0 Å². The summed E-state index contributed by atoms with van der Waals surface area (Å²) in [5, 5.41) is 12.2. The first-order valence-electron chi connectivity index (χ1n) is 3.11. The Morgan fingerprint density at radius 2 is 2.42 bits per heavy atom. The van der Waals surface area contributed by atoms with Gasteiger partial charge in [-0.1, -0.05) is 0 Å². The van der Waals surface area contributed by atoms with Crippen LogP contribution in [-0.4, -0.2) is 20.9 Å². The summed E-state index contributed by atoms with van der Waals surface area (Å²) < 4.78 is 1.25. The van der Waals surface area contributed by atoms with Gasteiger partial charge in [-0.25, -0.2) is 4.68 Å². The molecule has 0 spiro atoms. The van der Waals surface area contributed by atoms with E-state index in [4.69, 9.17) is 10.8 Å². The summed E-state index contributed by atoms with van der Waals surface area (Å²) in [6.07, 6.45) is 0. The standard InChI is InChI=1S/C6H9N3O2.ClH/c1-4-2-5(7)9(8-4)3-6(10)11;/h2H,3,7H2,1H3,(H,10,11);1H. The molecule has 1 aromatic rings. The number of aromatic nitrogens is 2. The smallest absolute Gasteiger partial charge is 0.325 e. The quantitative estimate of drug-likeness (QED) is 0.704. The Bertz CT molecular complexity index is 284. The number of hydrogen-bond donors (Lipinski definition) is 2. The van der Waals surface area contributed by atoms with Crippen LogP contribution in [0.2, 0.25) is 0 Å². The van der Waals surface area contributed by atoms with Crippen molar-refractivity contribution in [3.63, 3.8) is 0 Å². The minimum absolute atomic E-state index is 0. The average Bonchev–Trinajstić information content (AvgIpc) is 2.09. The second-order valence-electron chi connectivity index (χ2n) is 2.26. The van der Waals surface area contributed by atoms with E-state index in [2.05, 4.69) is 5.10 Å². The zero-order chi connectivity index (χ0) is 8.43. The number of aliphatic carboxylic acids is 1. The van der Waals surface area contributed by atoms with Gasteiger partial charge in [-0.15, -0.1) is 12.4 Å². The fraction of sp³-hybridized carbons (Fsp3) is 0.333. The normalized spacial score (nSPS) is 9.08. The summed E-state index contributed by atoms with van der Waals surface area (Å²) in [6, 6.07) is 1.63. The fourth-order valence-electron chi connectivity index (χ4n) is 0.820. The van der Waals surface area contributed by atoms with E-state index in [-0.39, 0.29) is 19.0 Å². The molecule has 1 aromatic heterocycles. The number of anilines is 1. The summed E-state index contributed by atoms with van der Waals surface area (Å²) in [6.45, 7) is 1.58. The minimum atomic E-state index is -0.945. The maximum atomic E-state index is 10.2. The van der Waals surface area contributed by atoms with Crippen molar-refractivity contribution in [1.29, 1.82) is 0 Å². The van der Waals surface area contributed by atoms with Gasteiger partial charge >= 0.3 is 5.97 Å². The predicted octanol–water partition coefficient (Wildman–Crippen LogP) is 0.280. The molecular formula is C6H10ClN3O2. The lowest BCUT2D eigenvalue weighted by Gasteiger charge is -1.97. The van der Waals surface area contributed by atoms with Crippen molar-refractivity contribution in [2.24, 2.45) is 0 Å². The molecule has 12 heavy (non-hydrogen) atoms. The first-order valence-corrected chi connectivity index (χ1v) is 3.11. The number of hydrogen-bond acceptors (Lipinski definition) is 3. The number of carbonyl (C=O) groups is 1. The fourth-order valence-corrected chi connectivity index (χ4v) is 0.820. The number of nitrogen functional groups attached to an aromatic ring is 1. The van der Waals surface area contributed by atoms with Gasteiger partial charge < -0.3 is 10.8 Å². The molecule has 0 amide bonds. The van der Waals surface area contributed by atoms with Crippen molar-refractivity contribution in [2.75, 3.05) is 5.73 Å². The lowest BCUT2D eigenvalue weighted by Crippen LogP contribution is -2.12. The van der Waals surface area contributed by atoms with Gasteiger partial charge in [0.2, 0.25) is 0 Å². The van der Waals surface area contributed by atoms with Gasteiger partial charge in [-0.3, -0.25) is 4.79 Å². The molecule has 0 saturated carbocycles. The maximum Gasteiger partial charge on any atom is 0.325 e. The number of nitrogens with zero attached hydrogens (tertiary/aromatic N) is 2. The predicted molar refractivity (Wildman–Crippen MR) is 46.3 cm³/mol. The molecule has 0 bridgehead atoms. The molecule has 0 radical (unpaired) electrons. The van der Waals surface area contributed by atoms with E-state index >= 15 is 0 Å². The van der Waals surface area contributed by atoms with Crippen molar-refractivity contribution in [2.45, 2.75) is 13.5 Å². The molecule has 0 aliphatic rings. The number of halogens is 1. The minimum Gasteiger partial charge on any atom is -0.480 e. The molecule has 68 valence electrons. The van der Waals surface area contributed by atoms with Crippen molar-refractivity contribution >= 4 is 24.2 Å². The van der Waals surface area contributed by atoms with E-state index in [1.54, 1.807) is 13.0 Å². The van der Waals surface area contributed by atoms with Crippen molar-refractivity contribution in [1.82, 2.24) is 9.78 Å². The van der Waals surface area contributed by atoms with Crippen LogP contribution in [0.5, 0.6) is 0 Å². The van der Waals surface area contributed by atoms with Crippen molar-refractivity contribution in [3.05, 3.63) is 11.8 Å². The molecule has 0 aliphatic heterocycles. The highest BCUT2D eigenvalue weighted by molar-refractivity contribution is 5.85. The highest BCUT2D eigenvalue weighted by Gasteiger charge is 2.04. The molecule has 0 unspecified atom stereocenters. The molecule has 1 rings (SSSR count). The summed E-state index contributed by atoms with van der Waals surface area (Å²) in [7, 11) is 0. The SMILES string of the molecule is Cc1cc(N)n(CC(=O)O)n1.Cl. The Morgan fingerprint density at radius 1 is 1.83 bits per heavy atom. The first-order chi connectivity index (χ1) is 5.09. The van der Waals surface area contributed by atoms with Crippen LogP contribution in [0.4, 0.5) is 5.82 Å². The maximum absolute atomic E-state index is 10.2. The summed E-state index contributed by atoms with van der Waals surface area (Å²) in [5.41, 5.74) is 6.15. The Kier molecular flexibility index (Phi) is 3.56. The Balaban J connectivity index is 0.00000121. The van der Waals surface area contributed by atoms with Crippen LogP contribution in [0.25, 0.3) is 0 Å². The zero-order valence-corrected chi connectivity index (χ0v) is 7.34. The second-order valence-corrected chi connectivity index (χ2v) is 2.26. The molecule has 0 fully saturated rings. The molecular weight excluding hydrogens is 182 g/mol. The highest BCUT2D eigenvalue weighted by Crippen LogP contribution is 2.03. The third kappa shape index (κ3) is 2.43. The third-order valence-electron chi connectivity index (χ3n) is 1.22. The number of aryl methyl sites for hydroxylation is 1. The zero-order valence-electron chi connectivity index (χ0n) is 6.52. The van der Waals surface area contributed by atoms with E-state index in [0.29, 0.717) is 5.82 Å². The number of carboxylic acid groups (broad SMARTS) is 1. The second kappa shape index (κ2) is 3.96. The topological polar surface area (TPSA) is 81.1 Å². The van der Waals surface area contributed by atoms with E-state index < -0.39 is 5.97 Å². The van der Waals surface area contributed by atoms with Crippen LogP contribution in [0.1, 0.15) is 5.69 Å². The molecule has 5 nitrogen and oxygen atoms in total. The summed E-state index contributed by atoms with van der Waals surface area (Å²) >= 11 is 0. The van der Waals surface area contributed by atoms with Crippen LogP contribution in [0.3, 0.4) is 0 Å². The van der Waals surface area contributed by atoms with E-state index in [1.165, 1.54) is 4.68 Å². The Labute approximate surface area is 75.6 Å². The molecule has 0 aliphatic carbocycles. The van der Waals surface area contributed by atoms with Crippen LogP contribution >= 0.6 is 12.4 Å². The van der Waals surface area contributed by atoms with Crippen LogP contribution in [0, 0.1) is 6.92 Å². The van der Waals surface area contributed by atoms with Gasteiger partial charge in [0.15, 0.2) is 0 Å². The monoisotopic (exact) mass is 191 g/mol. The Morgan fingerprint density at radius 3 is 2.75 bits per heavy atom. The number of nitrogens with two attached hydrogens (primary N) is 1. The van der Waals surface area contributed by atoms with Crippen LogP contribution in [-0.2, 0) is 11.3 Å². The van der Waals surface area contributed by atoms with Gasteiger partial charge in [-0.05, 0) is 6.92 Å². The lowest BCUT2D eigenvalue weighted by molar-refractivity contribution is -0.137. The number of rotatable bonds is 2. The molecule has 0 atom stereocenters. The van der Waals surface area contributed by atoms with Crippen molar-refractivity contribution in [3.8, 4) is 0 Å². The Hall–Kier alpha value is -1.23. The highest BCUT2D eigenvalue weighted by atomic mass is 35.5.